The number of imidazole rings is 1. The molecule has 0 spiro atoms. The number of hydrogen-bond acceptors (Lipinski definition) is 4. The van der Waals surface area contributed by atoms with Gasteiger partial charge in [-0.3, -0.25) is 4.79 Å². The van der Waals surface area contributed by atoms with E-state index in [1.807, 2.05) is 0 Å². The van der Waals surface area contributed by atoms with Crippen LogP contribution in [0.4, 0.5) is 5.95 Å². The van der Waals surface area contributed by atoms with Gasteiger partial charge in [-0.05, 0) is 4.92 Å². The number of carbonyl (C=O) groups is 1. The van der Waals surface area contributed by atoms with E-state index in [0.717, 1.165) is 0 Å². The van der Waals surface area contributed by atoms with E-state index in [1.54, 1.807) is 0 Å². The zero-order valence-electron chi connectivity index (χ0n) is 6.71. The molecule has 7 heteroatoms. The van der Waals surface area contributed by atoms with Crippen LogP contribution in [-0.4, -0.2) is 20.4 Å². The van der Waals surface area contributed by atoms with Gasteiger partial charge in [0.05, 0.1) is 13.0 Å². The Balaban J connectivity index is 2.71. The van der Waals surface area contributed by atoms with Crippen molar-refractivity contribution in [2.45, 2.75) is 13.0 Å². The quantitative estimate of drug-likeness (QED) is 0.510. The van der Waals surface area contributed by atoms with Gasteiger partial charge in [0.1, 0.15) is 12.4 Å². The molecular weight excluding hydrogens is 176 g/mol. The summed E-state index contributed by atoms with van der Waals surface area (Å²) in [7, 11) is 0. The summed E-state index contributed by atoms with van der Waals surface area (Å²) in [4.78, 5) is 23.6. The Bertz CT molecular complexity index is 332. The van der Waals surface area contributed by atoms with Gasteiger partial charge in [0.25, 0.3) is 0 Å². The molecular formula is C6H8N4O3. The molecule has 0 radical (unpaired) electrons. The fourth-order valence-corrected chi connectivity index (χ4v) is 0.878. The minimum absolute atomic E-state index is 0.0667. The van der Waals surface area contributed by atoms with Gasteiger partial charge in [-0.15, -0.1) is 0 Å². The number of nitrogens with two attached hydrogens (primary N) is 1. The van der Waals surface area contributed by atoms with Crippen LogP contribution in [0.3, 0.4) is 0 Å². The number of primary amides is 1. The number of aromatic nitrogens is 2. The second kappa shape index (κ2) is 3.65. The van der Waals surface area contributed by atoms with Crippen molar-refractivity contribution in [1.82, 2.24) is 9.55 Å². The smallest absolute Gasteiger partial charge is 0.390 e. The van der Waals surface area contributed by atoms with E-state index < -0.39 is 10.8 Å². The number of carbonyl (C=O) groups excluding carboxylic acids is 1. The summed E-state index contributed by atoms with van der Waals surface area (Å²) < 4.78 is 1.27. The lowest BCUT2D eigenvalue weighted by atomic mass is 10.4. The van der Waals surface area contributed by atoms with Crippen LogP contribution in [0.5, 0.6) is 0 Å². The lowest BCUT2D eigenvalue weighted by Gasteiger charge is -1.98. The third-order valence-corrected chi connectivity index (χ3v) is 1.46. The summed E-state index contributed by atoms with van der Waals surface area (Å²) in [6, 6.07) is 0. The lowest BCUT2D eigenvalue weighted by molar-refractivity contribution is -0.396. The zero-order valence-corrected chi connectivity index (χ0v) is 6.71. The van der Waals surface area contributed by atoms with Crippen LogP contribution in [0, 0.1) is 10.1 Å². The van der Waals surface area contributed by atoms with E-state index >= 15 is 0 Å². The van der Waals surface area contributed by atoms with Gasteiger partial charge >= 0.3 is 5.95 Å². The monoisotopic (exact) mass is 184 g/mol. The average Bonchev–Trinajstić information content (AvgIpc) is 2.47. The van der Waals surface area contributed by atoms with Crippen molar-refractivity contribution in [2.24, 2.45) is 5.73 Å². The fourth-order valence-electron chi connectivity index (χ4n) is 0.878. The second-order valence-corrected chi connectivity index (χ2v) is 2.39. The number of nitrogens with zero attached hydrogens (tertiary/aromatic N) is 3. The van der Waals surface area contributed by atoms with E-state index in [0.29, 0.717) is 0 Å². The van der Waals surface area contributed by atoms with Crippen molar-refractivity contribution >= 4 is 11.9 Å². The van der Waals surface area contributed by atoms with Crippen LogP contribution < -0.4 is 5.73 Å². The Morgan fingerprint density at radius 3 is 3.00 bits per heavy atom. The van der Waals surface area contributed by atoms with Crippen molar-refractivity contribution in [3.63, 3.8) is 0 Å². The van der Waals surface area contributed by atoms with Gasteiger partial charge in [0.2, 0.25) is 5.91 Å². The predicted octanol–water partition coefficient (Wildman–Crippen LogP) is -0.333. The number of aryl methyl sites for hydroxylation is 1. The fraction of sp³-hybridized carbons (Fsp3) is 0.333. The van der Waals surface area contributed by atoms with Crippen LogP contribution in [0.2, 0.25) is 0 Å². The first-order valence-corrected chi connectivity index (χ1v) is 3.55. The third-order valence-electron chi connectivity index (χ3n) is 1.46. The summed E-state index contributed by atoms with van der Waals surface area (Å²) in [5, 5.41) is 10.3. The lowest BCUT2D eigenvalue weighted by Crippen LogP contribution is -2.14. The standard InChI is InChI=1S/C6H8N4O3/c7-5(11)1-3-9-4-2-8-6(9)10(12)13/h2,4H,1,3H2,(H2,7,11). The average molecular weight is 184 g/mol. The topological polar surface area (TPSA) is 104 Å². The Hall–Kier alpha value is -1.92. The molecule has 70 valence electrons. The van der Waals surface area contributed by atoms with Crippen molar-refractivity contribution in [3.8, 4) is 0 Å². The van der Waals surface area contributed by atoms with Crippen LogP contribution in [0.25, 0.3) is 0 Å². The molecule has 0 saturated heterocycles. The predicted molar refractivity (Wildman–Crippen MR) is 42.7 cm³/mol. The minimum Gasteiger partial charge on any atom is -0.390 e. The van der Waals surface area contributed by atoms with Gasteiger partial charge in [0, 0.05) is 0 Å². The highest BCUT2D eigenvalue weighted by Gasteiger charge is 2.13. The minimum atomic E-state index is -0.610. The van der Waals surface area contributed by atoms with E-state index in [9.17, 15) is 14.9 Å². The molecule has 13 heavy (non-hydrogen) atoms. The maximum atomic E-state index is 10.4. The van der Waals surface area contributed by atoms with Crippen molar-refractivity contribution in [1.29, 1.82) is 0 Å². The molecule has 1 rings (SSSR count). The van der Waals surface area contributed by atoms with Crippen LogP contribution >= 0.6 is 0 Å². The molecule has 0 aliphatic carbocycles. The summed E-state index contributed by atoms with van der Waals surface area (Å²) in [5.74, 6) is -0.774. The van der Waals surface area contributed by atoms with Gasteiger partial charge < -0.3 is 15.8 Å². The molecule has 1 heterocycles. The van der Waals surface area contributed by atoms with Gasteiger partial charge in [-0.2, -0.15) is 0 Å². The molecule has 2 N–H and O–H groups in total. The Morgan fingerprint density at radius 2 is 2.46 bits per heavy atom. The highest BCUT2D eigenvalue weighted by molar-refractivity contribution is 5.73. The first-order valence-electron chi connectivity index (χ1n) is 3.55. The Kier molecular flexibility index (Phi) is 2.58. The molecule has 0 bridgehead atoms. The van der Waals surface area contributed by atoms with Crippen LogP contribution in [0.15, 0.2) is 12.4 Å². The first-order chi connectivity index (χ1) is 6.11. The van der Waals surface area contributed by atoms with Crippen molar-refractivity contribution < 1.29 is 9.72 Å². The van der Waals surface area contributed by atoms with Crippen molar-refractivity contribution in [2.75, 3.05) is 0 Å². The van der Waals surface area contributed by atoms with E-state index in [1.165, 1.54) is 17.0 Å². The first kappa shape index (κ1) is 9.17. The molecule has 1 aromatic heterocycles. The molecule has 0 fully saturated rings. The normalized spacial score (nSPS) is 9.85. The molecule has 0 unspecified atom stereocenters. The highest BCUT2D eigenvalue weighted by Crippen LogP contribution is 2.07. The number of amides is 1. The largest absolute Gasteiger partial charge is 0.434 e. The number of nitro groups is 1. The summed E-state index contributed by atoms with van der Waals surface area (Å²) >= 11 is 0. The second-order valence-electron chi connectivity index (χ2n) is 2.39. The maximum Gasteiger partial charge on any atom is 0.434 e. The molecule has 0 aromatic carbocycles. The number of rotatable bonds is 4. The van der Waals surface area contributed by atoms with Crippen LogP contribution in [-0.2, 0) is 11.3 Å². The van der Waals surface area contributed by atoms with Crippen LogP contribution in [0.1, 0.15) is 6.42 Å². The molecule has 0 aliphatic heterocycles. The van der Waals surface area contributed by atoms with E-state index in [-0.39, 0.29) is 18.9 Å². The summed E-state index contributed by atoms with van der Waals surface area (Å²) in [5.41, 5.74) is 4.89. The highest BCUT2D eigenvalue weighted by atomic mass is 16.6. The Morgan fingerprint density at radius 1 is 1.77 bits per heavy atom. The molecule has 0 saturated carbocycles. The Labute approximate surface area is 73.3 Å². The van der Waals surface area contributed by atoms with Gasteiger partial charge in [-0.1, -0.05) is 4.98 Å². The molecule has 1 amide bonds. The van der Waals surface area contributed by atoms with Gasteiger partial charge in [0.15, 0.2) is 0 Å². The summed E-state index contributed by atoms with van der Waals surface area (Å²) in [6.45, 7) is 0.186. The SMILES string of the molecule is NC(=O)CCn1ccnc1[N+](=O)[O-]. The zero-order chi connectivity index (χ0) is 9.84. The third kappa shape index (κ3) is 2.26. The molecule has 0 aliphatic rings. The molecule has 7 nitrogen and oxygen atoms in total. The summed E-state index contributed by atoms with van der Waals surface area (Å²) in [6.07, 6.45) is 2.80. The van der Waals surface area contributed by atoms with E-state index in [4.69, 9.17) is 5.73 Å². The van der Waals surface area contributed by atoms with Gasteiger partial charge in [-0.25, -0.2) is 4.57 Å². The maximum absolute atomic E-state index is 10.4. The molecule has 0 atom stereocenters. The number of hydrogen-bond donors (Lipinski definition) is 1. The molecule has 1 aromatic rings. The van der Waals surface area contributed by atoms with Crippen molar-refractivity contribution in [3.05, 3.63) is 22.5 Å². The van der Waals surface area contributed by atoms with E-state index in [2.05, 4.69) is 4.98 Å².